The first-order valence-electron chi connectivity index (χ1n) is 5.88. The summed E-state index contributed by atoms with van der Waals surface area (Å²) in [6.07, 6.45) is 3.48. The maximum atomic E-state index is 4.58. The van der Waals surface area contributed by atoms with Crippen LogP contribution in [0.5, 0.6) is 0 Å². The van der Waals surface area contributed by atoms with Crippen molar-refractivity contribution < 1.29 is 0 Å². The zero-order valence-electron chi connectivity index (χ0n) is 10.3. The van der Waals surface area contributed by atoms with E-state index in [-0.39, 0.29) is 0 Å². The highest BCUT2D eigenvalue weighted by atomic mass is 15.4. The Hall–Kier alpha value is -2.30. The normalized spacial score (nSPS) is 11.3. The van der Waals surface area contributed by atoms with Gasteiger partial charge in [-0.15, -0.1) is 10.2 Å². The molecular weight excluding hydrogens is 226 g/mol. The molecule has 0 spiro atoms. The van der Waals surface area contributed by atoms with Gasteiger partial charge in [-0.2, -0.15) is 9.61 Å². The smallest absolute Gasteiger partial charge is 0.185 e. The molecule has 0 aliphatic rings. The van der Waals surface area contributed by atoms with Gasteiger partial charge in [-0.1, -0.05) is 13.8 Å². The molecule has 0 aliphatic heterocycles. The Labute approximate surface area is 105 Å². The van der Waals surface area contributed by atoms with Crippen molar-refractivity contribution >= 4 is 5.65 Å². The number of nitrogens with zero attached hydrogens (tertiary/aromatic N) is 5. The Morgan fingerprint density at radius 3 is 2.50 bits per heavy atom. The standard InChI is InChI=1S/C13H13N5/c1-9(2)11-3-4-12-15-16-13(18(12)17-11)10-5-7-14-8-6-10/h3-9H,1-2H3. The molecule has 0 amide bonds. The fourth-order valence-corrected chi connectivity index (χ4v) is 1.79. The Bertz CT molecular complexity index is 672. The number of hydrogen-bond acceptors (Lipinski definition) is 4. The first-order chi connectivity index (χ1) is 8.75. The van der Waals surface area contributed by atoms with Crippen LogP contribution in [0.1, 0.15) is 25.5 Å². The minimum atomic E-state index is 0.377. The highest BCUT2D eigenvalue weighted by molar-refractivity contribution is 5.57. The molecule has 0 saturated heterocycles. The first-order valence-corrected chi connectivity index (χ1v) is 5.88. The molecule has 0 bridgehead atoms. The van der Waals surface area contributed by atoms with Crippen molar-refractivity contribution in [3.8, 4) is 11.4 Å². The molecule has 0 N–H and O–H groups in total. The zero-order valence-corrected chi connectivity index (χ0v) is 10.3. The van der Waals surface area contributed by atoms with Crippen molar-refractivity contribution in [2.45, 2.75) is 19.8 Å². The van der Waals surface area contributed by atoms with E-state index in [9.17, 15) is 0 Å². The average molecular weight is 239 g/mol. The van der Waals surface area contributed by atoms with Crippen LogP contribution in [0.2, 0.25) is 0 Å². The van der Waals surface area contributed by atoms with Crippen LogP contribution in [0.15, 0.2) is 36.7 Å². The second-order valence-electron chi connectivity index (χ2n) is 4.44. The van der Waals surface area contributed by atoms with Gasteiger partial charge in [0.1, 0.15) is 0 Å². The van der Waals surface area contributed by atoms with Crippen LogP contribution in [0, 0.1) is 0 Å². The summed E-state index contributed by atoms with van der Waals surface area (Å²) < 4.78 is 1.78. The lowest BCUT2D eigenvalue weighted by atomic mass is 10.1. The molecule has 3 rings (SSSR count). The van der Waals surface area contributed by atoms with Gasteiger partial charge in [-0.25, -0.2) is 0 Å². The molecule has 0 atom stereocenters. The summed E-state index contributed by atoms with van der Waals surface area (Å²) in [6, 6.07) is 7.74. The largest absolute Gasteiger partial charge is 0.265 e. The van der Waals surface area contributed by atoms with Gasteiger partial charge in [0.05, 0.1) is 5.69 Å². The van der Waals surface area contributed by atoms with E-state index >= 15 is 0 Å². The highest BCUT2D eigenvalue weighted by Crippen LogP contribution is 2.18. The third kappa shape index (κ3) is 1.73. The molecule has 5 heteroatoms. The number of aromatic nitrogens is 5. The van der Waals surface area contributed by atoms with Crippen LogP contribution in [0.25, 0.3) is 17.0 Å². The lowest BCUT2D eigenvalue weighted by Gasteiger charge is -2.05. The molecule has 0 saturated carbocycles. The fraction of sp³-hybridized carbons (Fsp3) is 0.231. The van der Waals surface area contributed by atoms with Crippen LogP contribution >= 0.6 is 0 Å². The Balaban J connectivity index is 2.21. The van der Waals surface area contributed by atoms with Gasteiger partial charge >= 0.3 is 0 Å². The van der Waals surface area contributed by atoms with Crippen LogP contribution in [0.4, 0.5) is 0 Å². The summed E-state index contributed by atoms with van der Waals surface area (Å²) in [5.74, 6) is 1.12. The second kappa shape index (κ2) is 4.18. The first kappa shape index (κ1) is 10.8. The lowest BCUT2D eigenvalue weighted by molar-refractivity contribution is 0.765. The van der Waals surface area contributed by atoms with Crippen molar-refractivity contribution in [1.82, 2.24) is 24.8 Å². The van der Waals surface area contributed by atoms with Crippen molar-refractivity contribution in [1.29, 1.82) is 0 Å². The van der Waals surface area contributed by atoms with Crippen molar-refractivity contribution in [3.05, 3.63) is 42.4 Å². The maximum Gasteiger partial charge on any atom is 0.185 e. The molecule has 0 radical (unpaired) electrons. The van der Waals surface area contributed by atoms with E-state index in [1.807, 2.05) is 24.3 Å². The number of pyridine rings is 1. The molecule has 0 aliphatic carbocycles. The van der Waals surface area contributed by atoms with E-state index in [4.69, 9.17) is 0 Å². The van der Waals surface area contributed by atoms with Gasteiger partial charge in [0.15, 0.2) is 11.5 Å². The predicted octanol–water partition coefficient (Wildman–Crippen LogP) is 2.31. The van der Waals surface area contributed by atoms with Gasteiger partial charge < -0.3 is 0 Å². The molecule has 5 nitrogen and oxygen atoms in total. The van der Waals surface area contributed by atoms with Crippen LogP contribution in [-0.2, 0) is 0 Å². The molecule has 0 aromatic carbocycles. The summed E-state index contributed by atoms with van der Waals surface area (Å²) in [4.78, 5) is 4.00. The highest BCUT2D eigenvalue weighted by Gasteiger charge is 2.10. The molecule has 0 fully saturated rings. The van der Waals surface area contributed by atoms with Gasteiger partial charge in [0.25, 0.3) is 0 Å². The van der Waals surface area contributed by atoms with E-state index in [1.165, 1.54) is 0 Å². The number of rotatable bonds is 2. The summed E-state index contributed by atoms with van der Waals surface area (Å²) in [7, 11) is 0. The van der Waals surface area contributed by atoms with Crippen LogP contribution in [0.3, 0.4) is 0 Å². The van der Waals surface area contributed by atoms with E-state index in [0.717, 1.165) is 22.7 Å². The molecule has 3 aromatic heterocycles. The second-order valence-corrected chi connectivity index (χ2v) is 4.44. The quantitative estimate of drug-likeness (QED) is 0.688. The minimum absolute atomic E-state index is 0.377. The van der Waals surface area contributed by atoms with E-state index in [0.29, 0.717) is 5.92 Å². The van der Waals surface area contributed by atoms with Gasteiger partial charge in [0.2, 0.25) is 0 Å². The van der Waals surface area contributed by atoms with Crippen molar-refractivity contribution in [3.63, 3.8) is 0 Å². The van der Waals surface area contributed by atoms with Gasteiger partial charge in [0, 0.05) is 18.0 Å². The fourth-order valence-electron chi connectivity index (χ4n) is 1.79. The summed E-state index contributed by atoms with van der Waals surface area (Å²) in [5.41, 5.74) is 2.75. The van der Waals surface area contributed by atoms with E-state index in [2.05, 4.69) is 34.1 Å². The van der Waals surface area contributed by atoms with Crippen LogP contribution in [-0.4, -0.2) is 24.8 Å². The molecule has 90 valence electrons. The van der Waals surface area contributed by atoms with Gasteiger partial charge in [-0.05, 0) is 30.2 Å². The van der Waals surface area contributed by atoms with E-state index < -0.39 is 0 Å². The third-order valence-corrected chi connectivity index (χ3v) is 2.81. The molecule has 18 heavy (non-hydrogen) atoms. The SMILES string of the molecule is CC(C)c1ccc2nnc(-c3ccncc3)n2n1. The molecule has 3 heterocycles. The predicted molar refractivity (Wildman–Crippen MR) is 68.1 cm³/mol. The average Bonchev–Trinajstić information content (AvgIpc) is 2.82. The van der Waals surface area contributed by atoms with E-state index in [1.54, 1.807) is 16.9 Å². The summed E-state index contributed by atoms with van der Waals surface area (Å²) in [6.45, 7) is 4.23. The third-order valence-electron chi connectivity index (χ3n) is 2.81. The Morgan fingerprint density at radius 2 is 1.78 bits per heavy atom. The number of hydrogen-bond donors (Lipinski definition) is 0. The maximum absolute atomic E-state index is 4.58. The monoisotopic (exact) mass is 239 g/mol. The molecular formula is C13H13N5. The van der Waals surface area contributed by atoms with Crippen LogP contribution < -0.4 is 0 Å². The lowest BCUT2D eigenvalue weighted by Crippen LogP contribution is -2.01. The zero-order chi connectivity index (χ0) is 12.5. The van der Waals surface area contributed by atoms with Gasteiger partial charge in [-0.3, -0.25) is 4.98 Å². The summed E-state index contributed by atoms with van der Waals surface area (Å²) in [5, 5.41) is 12.9. The molecule has 0 unspecified atom stereocenters. The topological polar surface area (TPSA) is 56.0 Å². The Morgan fingerprint density at radius 1 is 1.00 bits per heavy atom. The Kier molecular flexibility index (Phi) is 2.51. The minimum Gasteiger partial charge on any atom is -0.265 e. The molecule has 3 aromatic rings. The summed E-state index contributed by atoms with van der Waals surface area (Å²) >= 11 is 0. The van der Waals surface area contributed by atoms with Crippen molar-refractivity contribution in [2.75, 3.05) is 0 Å². The van der Waals surface area contributed by atoms with Crippen molar-refractivity contribution in [2.24, 2.45) is 0 Å². The number of fused-ring (bicyclic) bond motifs is 1.